The van der Waals surface area contributed by atoms with E-state index in [1.807, 2.05) is 19.2 Å². The first-order chi connectivity index (χ1) is 11.1. The van der Waals surface area contributed by atoms with Gasteiger partial charge in [0.25, 0.3) is 0 Å². The summed E-state index contributed by atoms with van der Waals surface area (Å²) in [6.45, 7) is 1.44. The van der Waals surface area contributed by atoms with Gasteiger partial charge in [0.15, 0.2) is 5.96 Å². The second-order valence-corrected chi connectivity index (χ2v) is 6.30. The monoisotopic (exact) mass is 460 g/mol. The largest absolute Gasteiger partial charge is 0.356 e. The fourth-order valence-electron chi connectivity index (χ4n) is 2.64. The molecule has 1 saturated carbocycles. The highest BCUT2D eigenvalue weighted by molar-refractivity contribution is 14.0. The van der Waals surface area contributed by atoms with Crippen LogP contribution in [0.25, 0.3) is 0 Å². The molecule has 0 spiro atoms. The third-order valence-corrected chi connectivity index (χ3v) is 4.60. The molecule has 24 heavy (non-hydrogen) atoms. The number of hydrogen-bond acceptors (Lipinski definition) is 3. The third-order valence-electron chi connectivity index (χ3n) is 4.35. The summed E-state index contributed by atoms with van der Waals surface area (Å²) in [7, 11) is 3.65. The zero-order chi connectivity index (χ0) is 16.3. The highest BCUT2D eigenvalue weighted by Crippen LogP contribution is 2.47. The Balaban J connectivity index is 0.00000208. The minimum Gasteiger partial charge on any atom is -0.356 e. The van der Waals surface area contributed by atoms with Crippen molar-refractivity contribution < 1.29 is 0 Å². The van der Waals surface area contributed by atoms with Crippen LogP contribution in [0.5, 0.6) is 0 Å². The smallest absolute Gasteiger partial charge is 0.191 e. The number of guanidine groups is 1. The van der Waals surface area contributed by atoms with E-state index in [9.17, 15) is 0 Å². The van der Waals surface area contributed by atoms with Crippen LogP contribution in [0.15, 0.2) is 35.6 Å². The van der Waals surface area contributed by atoms with E-state index in [1.165, 1.54) is 18.4 Å². The predicted octanol–water partition coefficient (Wildman–Crippen LogP) is 2.48. The maximum absolute atomic E-state index is 5.98. The molecule has 0 saturated heterocycles. The molecule has 0 unspecified atom stereocenters. The lowest BCUT2D eigenvalue weighted by molar-refractivity contribution is 0.634. The van der Waals surface area contributed by atoms with Crippen molar-refractivity contribution in [2.75, 3.05) is 13.6 Å². The van der Waals surface area contributed by atoms with Gasteiger partial charge < -0.3 is 10.6 Å². The van der Waals surface area contributed by atoms with E-state index in [0.717, 1.165) is 23.4 Å². The molecule has 8 heteroatoms. The third kappa shape index (κ3) is 4.38. The summed E-state index contributed by atoms with van der Waals surface area (Å²) in [6.07, 6.45) is 3.91. The number of halogens is 2. The molecule has 1 heterocycles. The molecule has 0 atom stereocenters. The Hall–Kier alpha value is -1.35. The van der Waals surface area contributed by atoms with E-state index in [1.54, 1.807) is 18.1 Å². The van der Waals surface area contributed by atoms with Crippen molar-refractivity contribution in [1.82, 2.24) is 25.4 Å². The summed E-state index contributed by atoms with van der Waals surface area (Å²) in [6, 6.07) is 8.15. The molecule has 1 fully saturated rings. The summed E-state index contributed by atoms with van der Waals surface area (Å²) < 4.78 is 1.75. The number of aliphatic imine (C=N–C) groups is 1. The van der Waals surface area contributed by atoms with Crippen LogP contribution >= 0.6 is 35.6 Å². The molecule has 6 nitrogen and oxygen atoms in total. The van der Waals surface area contributed by atoms with Gasteiger partial charge in [-0.15, -0.1) is 24.0 Å². The Morgan fingerprint density at radius 1 is 1.29 bits per heavy atom. The molecule has 130 valence electrons. The van der Waals surface area contributed by atoms with Gasteiger partial charge in [-0.2, -0.15) is 5.10 Å². The molecule has 0 amide bonds. The molecular weight excluding hydrogens is 439 g/mol. The average Bonchev–Trinajstić information content (AvgIpc) is 3.24. The topological polar surface area (TPSA) is 67.1 Å². The molecule has 0 bridgehead atoms. The van der Waals surface area contributed by atoms with Gasteiger partial charge in [0.2, 0.25) is 0 Å². The Labute approximate surface area is 164 Å². The molecule has 1 aromatic heterocycles. The molecular formula is C16H22ClIN6. The lowest BCUT2D eigenvalue weighted by Crippen LogP contribution is -2.41. The number of nitrogens with zero attached hydrogens (tertiary/aromatic N) is 4. The van der Waals surface area contributed by atoms with Crippen LogP contribution < -0.4 is 10.6 Å². The Morgan fingerprint density at radius 2 is 2.00 bits per heavy atom. The van der Waals surface area contributed by atoms with Crippen molar-refractivity contribution in [2.45, 2.75) is 24.8 Å². The summed E-state index contributed by atoms with van der Waals surface area (Å²) in [5, 5.41) is 11.5. The van der Waals surface area contributed by atoms with E-state index in [-0.39, 0.29) is 29.4 Å². The standard InChI is InChI=1S/C16H21ClN6.HI/c1-18-15(19-9-14-21-11-22-23(14)2)20-10-16(7-8-16)12-3-5-13(17)6-4-12;/h3-6,11H,7-10H2,1-2H3,(H2,18,19,20);1H. The first-order valence-corrected chi connectivity index (χ1v) is 8.04. The van der Waals surface area contributed by atoms with Gasteiger partial charge >= 0.3 is 0 Å². The van der Waals surface area contributed by atoms with Crippen LogP contribution in [0, 0.1) is 0 Å². The maximum atomic E-state index is 5.98. The number of nitrogens with one attached hydrogen (secondary N) is 2. The van der Waals surface area contributed by atoms with Crippen molar-refractivity contribution in [3.8, 4) is 0 Å². The first kappa shape index (κ1) is 19.0. The molecule has 3 rings (SSSR count). The van der Waals surface area contributed by atoms with Crippen LogP contribution in [0.4, 0.5) is 0 Å². The fourth-order valence-corrected chi connectivity index (χ4v) is 2.76. The summed E-state index contributed by atoms with van der Waals surface area (Å²) in [4.78, 5) is 8.46. The molecule has 2 aromatic rings. The van der Waals surface area contributed by atoms with Gasteiger partial charge in [0, 0.05) is 31.1 Å². The van der Waals surface area contributed by atoms with E-state index < -0.39 is 0 Å². The zero-order valence-electron chi connectivity index (χ0n) is 13.8. The molecule has 0 aliphatic heterocycles. The average molecular weight is 461 g/mol. The van der Waals surface area contributed by atoms with Crippen LogP contribution in [0.2, 0.25) is 5.02 Å². The molecule has 1 aliphatic carbocycles. The summed E-state index contributed by atoms with van der Waals surface area (Å²) in [5.74, 6) is 1.64. The highest BCUT2D eigenvalue weighted by Gasteiger charge is 2.44. The maximum Gasteiger partial charge on any atom is 0.191 e. The van der Waals surface area contributed by atoms with E-state index >= 15 is 0 Å². The first-order valence-electron chi connectivity index (χ1n) is 7.66. The number of aryl methyl sites for hydroxylation is 1. The second-order valence-electron chi connectivity index (χ2n) is 5.87. The van der Waals surface area contributed by atoms with Crippen molar-refractivity contribution >= 4 is 41.5 Å². The number of rotatable bonds is 5. The number of aromatic nitrogens is 3. The van der Waals surface area contributed by atoms with Crippen LogP contribution in [-0.2, 0) is 19.0 Å². The lowest BCUT2D eigenvalue weighted by Gasteiger charge is -2.19. The van der Waals surface area contributed by atoms with Crippen LogP contribution in [0.3, 0.4) is 0 Å². The van der Waals surface area contributed by atoms with Gasteiger partial charge in [-0.05, 0) is 30.5 Å². The van der Waals surface area contributed by atoms with E-state index in [0.29, 0.717) is 6.54 Å². The van der Waals surface area contributed by atoms with E-state index in [4.69, 9.17) is 11.6 Å². The highest BCUT2D eigenvalue weighted by atomic mass is 127. The Morgan fingerprint density at radius 3 is 2.54 bits per heavy atom. The quantitative estimate of drug-likeness (QED) is 0.409. The SMILES string of the molecule is CN=C(NCc1ncnn1C)NCC1(c2ccc(Cl)cc2)CC1.I. The molecule has 2 N–H and O–H groups in total. The molecule has 0 radical (unpaired) electrons. The molecule has 1 aliphatic rings. The van der Waals surface area contributed by atoms with Crippen molar-refractivity contribution in [3.05, 3.63) is 47.0 Å². The summed E-state index contributed by atoms with van der Waals surface area (Å²) >= 11 is 5.98. The van der Waals surface area contributed by atoms with Crippen molar-refractivity contribution in [3.63, 3.8) is 0 Å². The van der Waals surface area contributed by atoms with Crippen molar-refractivity contribution in [2.24, 2.45) is 12.0 Å². The van der Waals surface area contributed by atoms with Gasteiger partial charge in [-0.25, -0.2) is 4.98 Å². The fraction of sp³-hybridized carbons (Fsp3) is 0.438. The van der Waals surface area contributed by atoms with Gasteiger partial charge in [0.05, 0.1) is 6.54 Å². The van der Waals surface area contributed by atoms with Gasteiger partial charge in [0.1, 0.15) is 12.2 Å². The number of hydrogen-bond donors (Lipinski definition) is 2. The minimum absolute atomic E-state index is 0. The molecule has 1 aromatic carbocycles. The zero-order valence-corrected chi connectivity index (χ0v) is 16.9. The van der Waals surface area contributed by atoms with Gasteiger partial charge in [-0.1, -0.05) is 23.7 Å². The van der Waals surface area contributed by atoms with Crippen LogP contribution in [-0.4, -0.2) is 34.3 Å². The minimum atomic E-state index is 0. The number of benzene rings is 1. The Kier molecular flexibility index (Phi) is 6.45. The predicted molar refractivity (Wildman–Crippen MR) is 107 cm³/mol. The normalized spacial score (nSPS) is 15.5. The van der Waals surface area contributed by atoms with Crippen molar-refractivity contribution in [1.29, 1.82) is 0 Å². The second kappa shape index (κ2) is 8.15. The Bertz CT molecular complexity index is 693. The summed E-state index contributed by atoms with van der Waals surface area (Å²) in [5.41, 5.74) is 1.53. The lowest BCUT2D eigenvalue weighted by atomic mass is 9.96. The van der Waals surface area contributed by atoms with E-state index in [2.05, 4.69) is 37.8 Å². The van der Waals surface area contributed by atoms with Gasteiger partial charge in [-0.3, -0.25) is 9.67 Å². The van der Waals surface area contributed by atoms with Crippen LogP contribution in [0.1, 0.15) is 24.2 Å².